The lowest BCUT2D eigenvalue weighted by molar-refractivity contribution is -0.121. The highest BCUT2D eigenvalue weighted by molar-refractivity contribution is 5.94. The molecule has 8 nitrogen and oxygen atoms in total. The van der Waals surface area contributed by atoms with Crippen LogP contribution in [0.4, 0.5) is 5.69 Å². The van der Waals surface area contributed by atoms with Crippen LogP contribution in [0.2, 0.25) is 0 Å². The lowest BCUT2D eigenvalue weighted by atomic mass is 10.0. The van der Waals surface area contributed by atoms with Crippen molar-refractivity contribution in [3.05, 3.63) is 66.2 Å². The zero-order chi connectivity index (χ0) is 20.8. The van der Waals surface area contributed by atoms with Crippen molar-refractivity contribution >= 4 is 17.5 Å². The van der Waals surface area contributed by atoms with E-state index in [0.29, 0.717) is 32.4 Å². The number of anilines is 1. The van der Waals surface area contributed by atoms with Crippen LogP contribution >= 0.6 is 0 Å². The number of carbonyl (C=O) groups is 2. The number of carbonyl (C=O) groups excluding carboxylic acids is 2. The average Bonchev–Trinajstić information content (AvgIpc) is 3.30. The second-order valence-electron chi connectivity index (χ2n) is 7.10. The molecular weight excluding hydrogens is 382 g/mol. The molecule has 0 radical (unpaired) electrons. The van der Waals surface area contributed by atoms with Gasteiger partial charge in [-0.05, 0) is 54.3 Å². The highest BCUT2D eigenvalue weighted by Gasteiger charge is 2.15. The lowest BCUT2D eigenvalue weighted by Gasteiger charge is -2.17. The summed E-state index contributed by atoms with van der Waals surface area (Å²) in [5.41, 5.74) is 3.88. The Hall–Kier alpha value is -3.68. The van der Waals surface area contributed by atoms with Gasteiger partial charge in [-0.2, -0.15) is 5.10 Å². The van der Waals surface area contributed by atoms with Crippen LogP contribution in [0.3, 0.4) is 0 Å². The molecule has 0 unspecified atom stereocenters. The lowest BCUT2D eigenvalue weighted by Crippen LogP contribution is -2.23. The van der Waals surface area contributed by atoms with Crippen LogP contribution in [0.5, 0.6) is 5.75 Å². The van der Waals surface area contributed by atoms with Gasteiger partial charge in [0.1, 0.15) is 18.4 Å². The first-order valence-electron chi connectivity index (χ1n) is 9.93. The van der Waals surface area contributed by atoms with E-state index in [4.69, 9.17) is 4.74 Å². The Bertz CT molecular complexity index is 1020. The molecule has 2 aromatic carbocycles. The summed E-state index contributed by atoms with van der Waals surface area (Å²) < 4.78 is 7.44. The number of nitrogens with zero attached hydrogens (tertiary/aromatic N) is 3. The largest absolute Gasteiger partial charge is 0.494 e. The summed E-state index contributed by atoms with van der Waals surface area (Å²) in [4.78, 5) is 27.4. The molecule has 8 heteroatoms. The van der Waals surface area contributed by atoms with E-state index >= 15 is 0 Å². The molecule has 0 saturated carbocycles. The molecule has 1 aliphatic rings. The third kappa shape index (κ3) is 5.02. The molecule has 0 spiro atoms. The molecule has 154 valence electrons. The minimum Gasteiger partial charge on any atom is -0.494 e. The maximum Gasteiger partial charge on any atom is 0.224 e. The normalized spacial score (nSPS) is 12.7. The molecule has 1 aromatic heterocycles. The second-order valence-corrected chi connectivity index (χ2v) is 7.10. The molecule has 0 atom stereocenters. The third-order valence-corrected chi connectivity index (χ3v) is 4.90. The smallest absolute Gasteiger partial charge is 0.224 e. The van der Waals surface area contributed by atoms with E-state index in [0.717, 1.165) is 34.7 Å². The van der Waals surface area contributed by atoms with Crippen molar-refractivity contribution in [2.45, 2.75) is 32.2 Å². The number of amides is 2. The van der Waals surface area contributed by atoms with Crippen LogP contribution < -0.4 is 15.4 Å². The first-order chi connectivity index (χ1) is 14.7. The molecule has 2 N–H and O–H groups in total. The van der Waals surface area contributed by atoms with Crippen LogP contribution in [0, 0.1) is 0 Å². The number of rotatable bonds is 8. The van der Waals surface area contributed by atoms with Crippen LogP contribution in [0.25, 0.3) is 5.69 Å². The predicted octanol–water partition coefficient (Wildman–Crippen LogP) is 2.63. The third-order valence-electron chi connectivity index (χ3n) is 4.90. The SMILES string of the molecule is O=C(CCCOc1ccc2c(c1)CCC(=O)N2)NCc1ccc(-n2cncn2)cc1. The van der Waals surface area contributed by atoms with Gasteiger partial charge >= 0.3 is 0 Å². The zero-order valence-corrected chi connectivity index (χ0v) is 16.5. The van der Waals surface area contributed by atoms with Crippen molar-refractivity contribution in [2.75, 3.05) is 11.9 Å². The van der Waals surface area contributed by atoms with Crippen molar-refractivity contribution in [1.29, 1.82) is 0 Å². The van der Waals surface area contributed by atoms with E-state index in [2.05, 4.69) is 20.7 Å². The quantitative estimate of drug-likeness (QED) is 0.562. The Morgan fingerprint density at radius 2 is 2.03 bits per heavy atom. The Labute approximate surface area is 174 Å². The highest BCUT2D eigenvalue weighted by atomic mass is 16.5. The molecule has 0 aliphatic carbocycles. The van der Waals surface area contributed by atoms with Gasteiger partial charge in [0.05, 0.1) is 12.3 Å². The van der Waals surface area contributed by atoms with Gasteiger partial charge in [-0.25, -0.2) is 9.67 Å². The fourth-order valence-electron chi connectivity index (χ4n) is 3.27. The molecule has 2 amide bonds. The summed E-state index contributed by atoms with van der Waals surface area (Å²) in [5, 5.41) is 9.87. The first-order valence-corrected chi connectivity index (χ1v) is 9.93. The molecule has 30 heavy (non-hydrogen) atoms. The first kappa shape index (κ1) is 19.6. The van der Waals surface area contributed by atoms with Crippen LogP contribution in [0.15, 0.2) is 55.1 Å². The number of hydrogen-bond donors (Lipinski definition) is 2. The second kappa shape index (κ2) is 9.21. The summed E-state index contributed by atoms with van der Waals surface area (Å²) in [5.74, 6) is 0.804. The number of ether oxygens (including phenoxy) is 1. The number of aryl methyl sites for hydroxylation is 1. The van der Waals surface area contributed by atoms with Crippen molar-refractivity contribution in [3.8, 4) is 11.4 Å². The highest BCUT2D eigenvalue weighted by Crippen LogP contribution is 2.26. The standard InChI is InChI=1S/C22H23N5O3/c28-21(24-13-16-3-6-18(7-4-16)27-15-23-14-25-27)2-1-11-30-19-8-9-20-17(12-19)5-10-22(29)26-20/h3-4,6-9,12,14-15H,1-2,5,10-11,13H2,(H,24,28)(H,26,29). The van der Waals surface area contributed by atoms with E-state index in [1.165, 1.54) is 6.33 Å². The van der Waals surface area contributed by atoms with Gasteiger partial charge in [-0.15, -0.1) is 0 Å². The Kier molecular flexibility index (Phi) is 6.03. The van der Waals surface area contributed by atoms with E-state index in [1.54, 1.807) is 11.0 Å². The van der Waals surface area contributed by atoms with E-state index in [1.807, 2.05) is 42.5 Å². The summed E-state index contributed by atoms with van der Waals surface area (Å²) >= 11 is 0. The molecule has 2 heterocycles. The average molecular weight is 405 g/mol. The molecule has 3 aromatic rings. The topological polar surface area (TPSA) is 98.1 Å². The summed E-state index contributed by atoms with van der Waals surface area (Å²) in [6, 6.07) is 13.5. The number of aromatic nitrogens is 3. The van der Waals surface area contributed by atoms with E-state index in [9.17, 15) is 9.59 Å². The van der Waals surface area contributed by atoms with Gasteiger partial charge in [-0.3, -0.25) is 9.59 Å². The Morgan fingerprint density at radius 3 is 2.83 bits per heavy atom. The van der Waals surface area contributed by atoms with Gasteiger partial charge in [0, 0.05) is 25.1 Å². The zero-order valence-electron chi connectivity index (χ0n) is 16.5. The summed E-state index contributed by atoms with van der Waals surface area (Å²) in [6.45, 7) is 0.943. The molecule has 1 aliphatic heterocycles. The fourth-order valence-corrected chi connectivity index (χ4v) is 3.27. The predicted molar refractivity (Wildman–Crippen MR) is 111 cm³/mol. The maximum absolute atomic E-state index is 12.1. The van der Waals surface area contributed by atoms with Gasteiger partial charge < -0.3 is 15.4 Å². The van der Waals surface area contributed by atoms with E-state index in [-0.39, 0.29) is 11.8 Å². The van der Waals surface area contributed by atoms with Crippen molar-refractivity contribution in [1.82, 2.24) is 20.1 Å². The van der Waals surface area contributed by atoms with Crippen molar-refractivity contribution in [3.63, 3.8) is 0 Å². The minimum absolute atomic E-state index is 0.00731. The van der Waals surface area contributed by atoms with E-state index < -0.39 is 0 Å². The molecule has 0 bridgehead atoms. The number of nitrogens with one attached hydrogen (secondary N) is 2. The van der Waals surface area contributed by atoms with Gasteiger partial charge in [-0.1, -0.05) is 12.1 Å². The molecular formula is C22H23N5O3. The molecule has 4 rings (SSSR count). The fraction of sp³-hybridized carbons (Fsp3) is 0.273. The number of fused-ring (bicyclic) bond motifs is 1. The van der Waals surface area contributed by atoms with Crippen LogP contribution in [-0.2, 0) is 22.6 Å². The molecule has 0 saturated heterocycles. The Balaban J connectivity index is 1.16. The summed E-state index contributed by atoms with van der Waals surface area (Å²) in [7, 11) is 0. The monoisotopic (exact) mass is 405 g/mol. The van der Waals surface area contributed by atoms with Crippen LogP contribution in [0.1, 0.15) is 30.4 Å². The van der Waals surface area contributed by atoms with Gasteiger partial charge in [0.25, 0.3) is 0 Å². The number of benzene rings is 2. The Morgan fingerprint density at radius 1 is 1.17 bits per heavy atom. The minimum atomic E-state index is -0.00731. The van der Waals surface area contributed by atoms with Gasteiger partial charge in [0.2, 0.25) is 11.8 Å². The molecule has 0 fully saturated rings. The van der Waals surface area contributed by atoms with Crippen molar-refractivity contribution < 1.29 is 14.3 Å². The number of hydrogen-bond acceptors (Lipinski definition) is 5. The van der Waals surface area contributed by atoms with Crippen molar-refractivity contribution in [2.24, 2.45) is 0 Å². The summed E-state index contributed by atoms with van der Waals surface area (Å²) in [6.07, 6.45) is 5.38. The van der Waals surface area contributed by atoms with Crippen LogP contribution in [-0.4, -0.2) is 33.2 Å². The van der Waals surface area contributed by atoms with Gasteiger partial charge in [0.15, 0.2) is 0 Å². The maximum atomic E-state index is 12.1.